The highest BCUT2D eigenvalue weighted by Gasteiger charge is 2.30. The highest BCUT2D eigenvalue weighted by molar-refractivity contribution is 6.41. The minimum atomic E-state index is 0.959. The molecule has 5 aromatic heterocycles. The van der Waals surface area contributed by atoms with Crippen LogP contribution in [0.5, 0.6) is 0 Å². The number of hydrogen-bond acceptors (Lipinski definition) is 3. The van der Waals surface area contributed by atoms with Crippen molar-refractivity contribution in [2.45, 2.75) is 0 Å². The topological polar surface area (TPSA) is 28.2 Å². The Labute approximate surface area is 378 Å². The van der Waals surface area contributed by atoms with E-state index in [0.29, 0.717) is 0 Å². The number of anilines is 6. The van der Waals surface area contributed by atoms with Crippen molar-refractivity contribution < 1.29 is 0 Å². The number of rotatable bonds is 6. The van der Waals surface area contributed by atoms with Crippen LogP contribution in [0.25, 0.3) is 97.9 Å². The van der Waals surface area contributed by atoms with Crippen LogP contribution in [0.15, 0.2) is 225 Å². The Balaban J connectivity index is 1.15. The Hall–Kier alpha value is -8.93. The summed E-state index contributed by atoms with van der Waals surface area (Å²) in [6.45, 7) is 0. The number of aromatic nitrogens is 3. The molecule has 15 aromatic rings. The molecule has 0 saturated heterocycles. The van der Waals surface area contributed by atoms with Crippen molar-refractivity contribution in [1.29, 1.82) is 0 Å². The summed E-state index contributed by atoms with van der Waals surface area (Å²) < 4.78 is 5.01. The van der Waals surface area contributed by atoms with Gasteiger partial charge in [-0.05, 0) is 88.3 Å². The van der Waals surface area contributed by atoms with Gasteiger partial charge in [-0.15, -0.1) is 0 Å². The second kappa shape index (κ2) is 13.3. The second-order valence-corrected chi connectivity index (χ2v) is 17.5. The van der Waals surface area contributed by atoms with E-state index in [2.05, 4.69) is 243 Å². The molecular formula is C61H37N5. The van der Waals surface area contributed by atoms with Crippen molar-refractivity contribution >= 4 is 132 Å². The van der Waals surface area contributed by atoms with Crippen LogP contribution < -0.4 is 9.80 Å². The van der Waals surface area contributed by atoms with Crippen molar-refractivity contribution in [3.8, 4) is 0 Å². The maximum Gasteiger partial charge on any atom is 0.146 e. The van der Waals surface area contributed by atoms with Gasteiger partial charge in [0, 0.05) is 65.8 Å². The molecule has 0 atom stereocenters. The number of fused-ring (bicyclic) bond motifs is 17. The molecular weight excluding hydrogens is 803 g/mol. The minimum absolute atomic E-state index is 0.959. The number of hydrogen-bond donors (Lipinski definition) is 0. The summed E-state index contributed by atoms with van der Waals surface area (Å²) in [5.74, 6) is 0. The van der Waals surface area contributed by atoms with E-state index in [9.17, 15) is 0 Å². The average molecular weight is 840 g/mol. The summed E-state index contributed by atoms with van der Waals surface area (Å²) in [7, 11) is 0. The first kappa shape index (κ1) is 35.5. The minimum Gasteiger partial charge on any atom is -0.308 e. The molecule has 0 bridgehead atoms. The summed E-state index contributed by atoms with van der Waals surface area (Å²) in [5.41, 5.74) is 13.4. The van der Waals surface area contributed by atoms with Gasteiger partial charge in [0.15, 0.2) is 0 Å². The molecule has 0 fully saturated rings. The fourth-order valence-electron chi connectivity index (χ4n) is 11.5. The number of nitrogens with zero attached hydrogens (tertiary/aromatic N) is 5. The van der Waals surface area contributed by atoms with Gasteiger partial charge in [-0.1, -0.05) is 152 Å². The van der Waals surface area contributed by atoms with Gasteiger partial charge < -0.3 is 14.2 Å². The molecule has 0 aliphatic rings. The maximum atomic E-state index is 5.63. The van der Waals surface area contributed by atoms with Gasteiger partial charge in [0.1, 0.15) is 5.65 Å². The second-order valence-electron chi connectivity index (χ2n) is 17.5. The first-order chi connectivity index (χ1) is 32.8. The zero-order valence-corrected chi connectivity index (χ0v) is 35.6. The van der Waals surface area contributed by atoms with Crippen LogP contribution >= 0.6 is 0 Å². The molecule has 66 heavy (non-hydrogen) atoms. The fourth-order valence-corrected chi connectivity index (χ4v) is 11.5. The quantitative estimate of drug-likeness (QED) is 0.167. The average Bonchev–Trinajstić information content (AvgIpc) is 4.12. The van der Waals surface area contributed by atoms with Crippen LogP contribution in [0.4, 0.5) is 34.1 Å². The predicted molar refractivity (Wildman–Crippen MR) is 278 cm³/mol. The Kier molecular flexibility index (Phi) is 7.16. The molecule has 0 saturated carbocycles. The van der Waals surface area contributed by atoms with Crippen molar-refractivity contribution in [2.75, 3.05) is 9.80 Å². The van der Waals surface area contributed by atoms with E-state index >= 15 is 0 Å². The maximum absolute atomic E-state index is 5.63. The lowest BCUT2D eigenvalue weighted by atomic mass is 9.96. The largest absolute Gasteiger partial charge is 0.308 e. The van der Waals surface area contributed by atoms with Gasteiger partial charge >= 0.3 is 0 Å². The normalized spacial score (nSPS) is 12.2. The highest BCUT2D eigenvalue weighted by Crippen LogP contribution is 2.53. The first-order valence-electron chi connectivity index (χ1n) is 22.6. The zero-order valence-electron chi connectivity index (χ0n) is 35.6. The summed E-state index contributed by atoms with van der Waals surface area (Å²) in [6.07, 6.45) is 2.16. The predicted octanol–water partition coefficient (Wildman–Crippen LogP) is 16.6. The molecule has 0 aliphatic carbocycles. The summed E-state index contributed by atoms with van der Waals surface area (Å²) >= 11 is 0. The number of para-hydroxylation sites is 6. The highest BCUT2D eigenvalue weighted by atomic mass is 15.2. The first-order valence-corrected chi connectivity index (χ1v) is 22.6. The molecule has 0 N–H and O–H groups in total. The lowest BCUT2D eigenvalue weighted by Gasteiger charge is -2.27. The van der Waals surface area contributed by atoms with Gasteiger partial charge in [0.05, 0.1) is 45.2 Å². The summed E-state index contributed by atoms with van der Waals surface area (Å²) in [5, 5.41) is 14.7. The van der Waals surface area contributed by atoms with Crippen molar-refractivity contribution in [2.24, 2.45) is 0 Å². The van der Waals surface area contributed by atoms with E-state index in [1.807, 2.05) is 0 Å². The van der Waals surface area contributed by atoms with E-state index in [0.717, 1.165) is 50.8 Å². The van der Waals surface area contributed by atoms with Crippen LogP contribution in [-0.2, 0) is 0 Å². The lowest BCUT2D eigenvalue weighted by Crippen LogP contribution is -2.11. The molecule has 0 amide bonds. The number of benzene rings is 10. The summed E-state index contributed by atoms with van der Waals surface area (Å²) in [6, 6.07) is 79.3. The lowest BCUT2D eigenvalue weighted by molar-refractivity contribution is 1.23. The SMILES string of the molecule is c1ccc(N(c2ccccc2)c2cc3ccccc3c3c4c5ccccc5cc5c6c7c8cccc9c%10cccc(N(c%11ccccc%11)c%11ccccc%11)c%10n(c7ncc6n(c23)c54)c98)cc1. The van der Waals surface area contributed by atoms with Gasteiger partial charge in [0.2, 0.25) is 0 Å². The molecule has 0 spiro atoms. The third-order valence-electron chi connectivity index (χ3n) is 14.1. The van der Waals surface area contributed by atoms with E-state index in [1.165, 1.54) is 81.2 Å². The molecule has 5 nitrogen and oxygen atoms in total. The van der Waals surface area contributed by atoms with E-state index < -0.39 is 0 Å². The van der Waals surface area contributed by atoms with E-state index in [4.69, 9.17) is 4.98 Å². The van der Waals surface area contributed by atoms with E-state index in [-0.39, 0.29) is 0 Å². The molecule has 5 heterocycles. The van der Waals surface area contributed by atoms with Crippen LogP contribution in [-0.4, -0.2) is 13.8 Å². The smallest absolute Gasteiger partial charge is 0.146 e. The van der Waals surface area contributed by atoms with Crippen molar-refractivity contribution in [3.05, 3.63) is 225 Å². The molecule has 306 valence electrons. The third kappa shape index (κ3) is 4.65. The van der Waals surface area contributed by atoms with Crippen molar-refractivity contribution in [1.82, 2.24) is 13.8 Å². The van der Waals surface area contributed by atoms with Gasteiger partial charge in [0.25, 0.3) is 0 Å². The molecule has 0 radical (unpaired) electrons. The number of pyridine rings is 1. The Morgan fingerprint density at radius 1 is 0.303 bits per heavy atom. The van der Waals surface area contributed by atoms with Gasteiger partial charge in [-0.3, -0.25) is 4.40 Å². The van der Waals surface area contributed by atoms with Gasteiger partial charge in [-0.25, -0.2) is 4.98 Å². The Morgan fingerprint density at radius 2 is 0.773 bits per heavy atom. The standard InChI is InChI=1S/C61H37N5/c1-5-21-40(22-6-1)63(41-23-7-2-8-24-41)50-34-18-32-47-46-31-17-33-48-56-53-49-35-38-19-13-15-29-44(38)54-55-45-30-16-14-20-39(45)36-51(64(42-25-9-3-10-26-42)43-27-11-4-12-28-43)60(55)65(59(49)54)52(53)37-62-61(56)66(57(46)48)58(47)50/h1-37H. The summed E-state index contributed by atoms with van der Waals surface area (Å²) in [4.78, 5) is 10.4. The Morgan fingerprint density at radius 3 is 1.38 bits per heavy atom. The molecule has 15 rings (SSSR count). The zero-order chi connectivity index (χ0) is 43.0. The molecule has 10 aromatic carbocycles. The van der Waals surface area contributed by atoms with Crippen LogP contribution in [0.3, 0.4) is 0 Å². The van der Waals surface area contributed by atoms with Crippen LogP contribution in [0, 0.1) is 0 Å². The van der Waals surface area contributed by atoms with E-state index in [1.54, 1.807) is 0 Å². The van der Waals surface area contributed by atoms with Gasteiger partial charge in [-0.2, -0.15) is 0 Å². The molecule has 0 aliphatic heterocycles. The monoisotopic (exact) mass is 839 g/mol. The van der Waals surface area contributed by atoms with Crippen LogP contribution in [0.1, 0.15) is 0 Å². The third-order valence-corrected chi connectivity index (χ3v) is 14.1. The van der Waals surface area contributed by atoms with Crippen molar-refractivity contribution in [3.63, 3.8) is 0 Å². The van der Waals surface area contributed by atoms with Crippen LogP contribution in [0.2, 0.25) is 0 Å². The fraction of sp³-hybridized carbons (Fsp3) is 0. The molecule has 0 unspecified atom stereocenters. The molecule has 5 heteroatoms. The Bertz CT molecular complexity index is 4310.